The molecule has 0 saturated carbocycles. The Balaban J connectivity index is 1.70. The molecule has 5 nitrogen and oxygen atoms in total. The smallest absolute Gasteiger partial charge is 0.257 e. The van der Waals surface area contributed by atoms with E-state index in [1.54, 1.807) is 11.3 Å². The van der Waals surface area contributed by atoms with Gasteiger partial charge in [-0.05, 0) is 41.9 Å². The summed E-state index contributed by atoms with van der Waals surface area (Å²) in [5, 5.41) is 11.8. The fraction of sp³-hybridized carbons (Fsp3) is 0.538. The minimum atomic E-state index is 0.484. The van der Waals surface area contributed by atoms with Crippen LogP contribution in [0.2, 0.25) is 0 Å². The first kappa shape index (κ1) is 14.2. The van der Waals surface area contributed by atoms with Gasteiger partial charge in [-0.3, -0.25) is 4.90 Å². The summed E-state index contributed by atoms with van der Waals surface area (Å²) in [4.78, 5) is 3.38. The van der Waals surface area contributed by atoms with Crippen LogP contribution in [0.4, 0.5) is 0 Å². The minimum absolute atomic E-state index is 0.484. The van der Waals surface area contributed by atoms with Gasteiger partial charge in [-0.25, -0.2) is 0 Å². The maximum absolute atomic E-state index is 5.77. The van der Waals surface area contributed by atoms with E-state index >= 15 is 0 Å². The minimum Gasteiger partial charge on any atom is -0.419 e. The number of rotatable bonds is 3. The number of halogens is 1. The molecule has 1 N–H and O–H groups in total. The lowest BCUT2D eigenvalue weighted by atomic mass is 10.1. The quantitative estimate of drug-likeness (QED) is 0.916. The average molecular weight is 357 g/mol. The van der Waals surface area contributed by atoms with E-state index < -0.39 is 0 Å². The molecule has 0 aliphatic carbocycles. The van der Waals surface area contributed by atoms with Gasteiger partial charge in [0.15, 0.2) is 0 Å². The Hall–Kier alpha value is -0.760. The molecule has 1 saturated heterocycles. The van der Waals surface area contributed by atoms with Gasteiger partial charge in [0, 0.05) is 25.2 Å². The molecule has 3 heterocycles. The summed E-state index contributed by atoms with van der Waals surface area (Å²) in [5.74, 6) is 1.29. The summed E-state index contributed by atoms with van der Waals surface area (Å²) in [7, 11) is 0. The number of nitrogens with zero attached hydrogens (tertiary/aromatic N) is 3. The van der Waals surface area contributed by atoms with Crippen molar-refractivity contribution in [3.05, 3.63) is 21.8 Å². The lowest BCUT2D eigenvalue weighted by Gasteiger charge is -2.36. The van der Waals surface area contributed by atoms with Crippen molar-refractivity contribution in [1.29, 1.82) is 0 Å². The Labute approximate surface area is 130 Å². The number of piperazine rings is 1. The van der Waals surface area contributed by atoms with E-state index in [-0.39, 0.29) is 0 Å². The van der Waals surface area contributed by atoms with Crippen LogP contribution >= 0.6 is 27.3 Å². The van der Waals surface area contributed by atoms with Crippen molar-refractivity contribution in [1.82, 2.24) is 20.4 Å². The van der Waals surface area contributed by atoms with Crippen molar-refractivity contribution in [2.75, 3.05) is 13.1 Å². The van der Waals surface area contributed by atoms with Crippen LogP contribution in [0.3, 0.4) is 0 Å². The van der Waals surface area contributed by atoms with E-state index in [2.05, 4.69) is 50.2 Å². The van der Waals surface area contributed by atoms with Gasteiger partial charge in [0.05, 0.1) is 15.2 Å². The highest BCUT2D eigenvalue weighted by Crippen LogP contribution is 2.30. The molecule has 20 heavy (non-hydrogen) atoms. The van der Waals surface area contributed by atoms with Crippen LogP contribution in [-0.2, 0) is 6.54 Å². The fourth-order valence-corrected chi connectivity index (χ4v) is 3.64. The largest absolute Gasteiger partial charge is 0.419 e. The van der Waals surface area contributed by atoms with E-state index in [1.165, 1.54) is 0 Å². The van der Waals surface area contributed by atoms with Gasteiger partial charge in [-0.2, -0.15) is 0 Å². The van der Waals surface area contributed by atoms with Crippen molar-refractivity contribution >= 4 is 27.3 Å². The number of nitrogens with one attached hydrogen (secondary N) is 1. The molecule has 0 bridgehead atoms. The van der Waals surface area contributed by atoms with E-state index in [1.807, 2.05) is 12.1 Å². The Morgan fingerprint density at radius 2 is 2.30 bits per heavy atom. The molecule has 2 aromatic rings. The second-order valence-corrected chi connectivity index (χ2v) is 7.66. The standard InChI is InChI=1S/C13H17BrN4OS/c1-8-6-18(9(2)5-15-8)7-12-16-17-13(19-12)10-3-4-11(14)20-10/h3-4,8-9,15H,5-7H2,1-2H3. The van der Waals surface area contributed by atoms with Gasteiger partial charge >= 0.3 is 0 Å². The van der Waals surface area contributed by atoms with Crippen molar-refractivity contribution < 1.29 is 4.42 Å². The van der Waals surface area contributed by atoms with Crippen molar-refractivity contribution in [2.45, 2.75) is 32.5 Å². The third-order valence-electron chi connectivity index (χ3n) is 3.48. The molecule has 2 atom stereocenters. The molecule has 1 aliphatic rings. The van der Waals surface area contributed by atoms with Gasteiger partial charge in [-0.1, -0.05) is 0 Å². The summed E-state index contributed by atoms with van der Waals surface area (Å²) in [6, 6.07) is 4.96. The van der Waals surface area contributed by atoms with Gasteiger partial charge in [0.2, 0.25) is 5.89 Å². The van der Waals surface area contributed by atoms with Crippen molar-refractivity contribution in [2.24, 2.45) is 0 Å². The molecule has 0 aromatic carbocycles. The number of hydrogen-bond acceptors (Lipinski definition) is 6. The number of aromatic nitrogens is 2. The van der Waals surface area contributed by atoms with Crippen LogP contribution in [0.15, 0.2) is 20.3 Å². The Morgan fingerprint density at radius 1 is 1.45 bits per heavy atom. The van der Waals surface area contributed by atoms with Crippen LogP contribution in [0.25, 0.3) is 10.8 Å². The van der Waals surface area contributed by atoms with Crippen LogP contribution in [-0.4, -0.2) is 40.3 Å². The predicted octanol–water partition coefficient (Wildman–Crippen LogP) is 2.74. The van der Waals surface area contributed by atoms with Crippen molar-refractivity contribution in [3.8, 4) is 10.8 Å². The summed E-state index contributed by atoms with van der Waals surface area (Å²) in [6.07, 6.45) is 0. The molecule has 1 aliphatic heterocycles. The highest BCUT2D eigenvalue weighted by atomic mass is 79.9. The van der Waals surface area contributed by atoms with Gasteiger partial charge in [-0.15, -0.1) is 21.5 Å². The zero-order valence-corrected chi connectivity index (χ0v) is 13.9. The Morgan fingerprint density at radius 3 is 3.05 bits per heavy atom. The van der Waals surface area contributed by atoms with E-state index in [4.69, 9.17) is 4.42 Å². The third-order valence-corrected chi connectivity index (χ3v) is 5.09. The maximum atomic E-state index is 5.77. The summed E-state index contributed by atoms with van der Waals surface area (Å²) < 4.78 is 6.84. The van der Waals surface area contributed by atoms with Crippen LogP contribution in [0, 0.1) is 0 Å². The van der Waals surface area contributed by atoms with Crippen LogP contribution < -0.4 is 5.32 Å². The topological polar surface area (TPSA) is 54.2 Å². The van der Waals surface area contributed by atoms with E-state index in [0.717, 1.165) is 21.8 Å². The SMILES string of the molecule is CC1CN(Cc2nnc(-c3ccc(Br)s3)o2)C(C)CN1. The second kappa shape index (κ2) is 5.93. The molecule has 2 aromatic heterocycles. The monoisotopic (exact) mass is 356 g/mol. The molecule has 1 fully saturated rings. The number of thiophene rings is 1. The zero-order chi connectivity index (χ0) is 14.1. The summed E-state index contributed by atoms with van der Waals surface area (Å²) in [6.45, 7) is 7.13. The highest BCUT2D eigenvalue weighted by Gasteiger charge is 2.24. The first-order valence-corrected chi connectivity index (χ1v) is 8.28. The van der Waals surface area contributed by atoms with E-state index in [9.17, 15) is 0 Å². The Bertz CT molecular complexity index is 584. The first-order chi connectivity index (χ1) is 9.61. The Kier molecular flexibility index (Phi) is 4.21. The lowest BCUT2D eigenvalue weighted by molar-refractivity contribution is 0.127. The lowest BCUT2D eigenvalue weighted by Crippen LogP contribution is -2.53. The van der Waals surface area contributed by atoms with E-state index in [0.29, 0.717) is 30.4 Å². The summed E-state index contributed by atoms with van der Waals surface area (Å²) >= 11 is 5.04. The first-order valence-electron chi connectivity index (χ1n) is 6.67. The van der Waals surface area contributed by atoms with Gasteiger partial charge in [0.1, 0.15) is 0 Å². The zero-order valence-electron chi connectivity index (χ0n) is 11.5. The van der Waals surface area contributed by atoms with Gasteiger partial charge in [0.25, 0.3) is 5.89 Å². The van der Waals surface area contributed by atoms with Crippen molar-refractivity contribution in [3.63, 3.8) is 0 Å². The molecule has 2 unspecified atom stereocenters. The van der Waals surface area contributed by atoms with Crippen LogP contribution in [0.1, 0.15) is 19.7 Å². The average Bonchev–Trinajstić information content (AvgIpc) is 3.03. The number of hydrogen-bond donors (Lipinski definition) is 1. The molecule has 3 rings (SSSR count). The summed E-state index contributed by atoms with van der Waals surface area (Å²) in [5.41, 5.74) is 0. The van der Waals surface area contributed by atoms with Gasteiger partial charge < -0.3 is 9.73 Å². The molecular formula is C13H17BrN4OS. The molecule has 0 radical (unpaired) electrons. The molecule has 0 spiro atoms. The second-order valence-electron chi connectivity index (χ2n) is 5.19. The third kappa shape index (κ3) is 3.11. The molecule has 7 heteroatoms. The molecular weight excluding hydrogens is 340 g/mol. The predicted molar refractivity (Wildman–Crippen MR) is 82.6 cm³/mol. The molecule has 108 valence electrons. The van der Waals surface area contributed by atoms with Crippen LogP contribution in [0.5, 0.6) is 0 Å². The highest BCUT2D eigenvalue weighted by molar-refractivity contribution is 9.11. The fourth-order valence-electron chi connectivity index (χ4n) is 2.34. The molecule has 0 amide bonds. The normalized spacial score (nSPS) is 24.1. The maximum Gasteiger partial charge on any atom is 0.257 e.